The average Bonchev–Trinajstić information content (AvgIpc) is 3.23. The maximum atomic E-state index is 12.9. The molecule has 6 nitrogen and oxygen atoms in total. The lowest BCUT2D eigenvalue weighted by Gasteiger charge is -2.33. The van der Waals surface area contributed by atoms with Crippen LogP contribution in [0.2, 0.25) is 0 Å². The van der Waals surface area contributed by atoms with Gasteiger partial charge in [-0.1, -0.05) is 12.8 Å². The predicted octanol–water partition coefficient (Wildman–Crippen LogP) is 3.81. The average molecular weight is 414 g/mol. The molecule has 4 rings (SSSR count). The van der Waals surface area contributed by atoms with Crippen LogP contribution in [0, 0.1) is 5.41 Å². The van der Waals surface area contributed by atoms with Crippen molar-refractivity contribution in [2.75, 3.05) is 49.6 Å². The molecule has 3 aliphatic rings. The number of benzene rings is 1. The van der Waals surface area contributed by atoms with Crippen molar-refractivity contribution in [1.29, 1.82) is 0 Å². The predicted molar refractivity (Wildman–Crippen MR) is 119 cm³/mol. The number of morpholine rings is 1. The molecular formula is C24H35N3O3. The highest BCUT2D eigenvalue weighted by molar-refractivity contribution is 5.92. The minimum atomic E-state index is -0.187. The molecule has 0 spiro atoms. The zero-order valence-electron chi connectivity index (χ0n) is 18.0. The summed E-state index contributed by atoms with van der Waals surface area (Å²) in [5, 5.41) is 3.07. The van der Waals surface area contributed by atoms with Gasteiger partial charge in [0, 0.05) is 50.4 Å². The molecule has 1 aromatic carbocycles. The Morgan fingerprint density at radius 1 is 0.867 bits per heavy atom. The number of carbonyl (C=O) groups is 2. The molecule has 0 unspecified atom stereocenters. The van der Waals surface area contributed by atoms with Crippen molar-refractivity contribution in [2.45, 2.75) is 57.8 Å². The van der Waals surface area contributed by atoms with Crippen LogP contribution in [0.5, 0.6) is 0 Å². The highest BCUT2D eigenvalue weighted by Crippen LogP contribution is 2.44. The zero-order valence-corrected chi connectivity index (χ0v) is 18.0. The first-order valence-corrected chi connectivity index (χ1v) is 11.6. The van der Waals surface area contributed by atoms with Crippen LogP contribution >= 0.6 is 0 Å². The molecule has 1 N–H and O–H groups in total. The fourth-order valence-corrected chi connectivity index (χ4v) is 5.24. The number of ether oxygens (including phenoxy) is 1. The molecule has 1 saturated carbocycles. The fraction of sp³-hybridized carbons (Fsp3) is 0.667. The minimum absolute atomic E-state index is 0.0254. The molecule has 6 heteroatoms. The van der Waals surface area contributed by atoms with Gasteiger partial charge in [-0.05, 0) is 61.8 Å². The summed E-state index contributed by atoms with van der Waals surface area (Å²) in [6.45, 7) is 4.81. The second-order valence-corrected chi connectivity index (χ2v) is 9.20. The van der Waals surface area contributed by atoms with Crippen molar-refractivity contribution in [3.63, 3.8) is 0 Å². The number of hydrogen-bond donors (Lipinski definition) is 1. The maximum Gasteiger partial charge on any atom is 0.224 e. The monoisotopic (exact) mass is 413 g/mol. The quantitative estimate of drug-likeness (QED) is 0.770. The van der Waals surface area contributed by atoms with Gasteiger partial charge >= 0.3 is 0 Å². The van der Waals surface area contributed by atoms with Crippen molar-refractivity contribution in [3.05, 3.63) is 24.3 Å². The van der Waals surface area contributed by atoms with Crippen LogP contribution in [0.1, 0.15) is 57.8 Å². The topological polar surface area (TPSA) is 61.9 Å². The molecule has 1 aliphatic carbocycles. The summed E-state index contributed by atoms with van der Waals surface area (Å²) in [6, 6.07) is 8.21. The van der Waals surface area contributed by atoms with E-state index in [0.29, 0.717) is 39.1 Å². The molecule has 2 heterocycles. The maximum absolute atomic E-state index is 12.9. The Hall–Kier alpha value is -2.08. The Balaban J connectivity index is 1.33. The van der Waals surface area contributed by atoms with E-state index in [1.165, 1.54) is 24.9 Å². The number of rotatable bonds is 6. The standard InChI is InChI=1S/C24H35N3O3/c28-22(25-20-6-8-21(9-7-20)26-12-4-1-5-13-26)18-24(10-2-3-11-24)19-23(29)27-14-16-30-17-15-27/h6-9H,1-5,10-19H2,(H,25,28). The molecule has 2 saturated heterocycles. The van der Waals surface area contributed by atoms with E-state index < -0.39 is 0 Å². The van der Waals surface area contributed by atoms with Crippen molar-refractivity contribution in [3.8, 4) is 0 Å². The van der Waals surface area contributed by atoms with Gasteiger partial charge in [-0.3, -0.25) is 9.59 Å². The molecule has 30 heavy (non-hydrogen) atoms. The molecule has 3 fully saturated rings. The third kappa shape index (κ3) is 5.34. The van der Waals surface area contributed by atoms with E-state index in [0.717, 1.165) is 44.5 Å². The van der Waals surface area contributed by atoms with E-state index in [1.54, 1.807) is 0 Å². The first kappa shape index (κ1) is 21.2. The molecule has 2 amide bonds. The summed E-state index contributed by atoms with van der Waals surface area (Å²) in [5.41, 5.74) is 1.89. The number of anilines is 2. The molecule has 164 valence electrons. The second kappa shape index (κ2) is 9.82. The zero-order chi connectivity index (χ0) is 20.8. The number of piperidine rings is 1. The lowest BCUT2D eigenvalue weighted by molar-refractivity contribution is -0.138. The van der Waals surface area contributed by atoms with Gasteiger partial charge in [0.2, 0.25) is 11.8 Å². The lowest BCUT2D eigenvalue weighted by atomic mass is 9.78. The van der Waals surface area contributed by atoms with Gasteiger partial charge in [-0.15, -0.1) is 0 Å². The van der Waals surface area contributed by atoms with Crippen LogP contribution in [0.15, 0.2) is 24.3 Å². The molecule has 0 atom stereocenters. The van der Waals surface area contributed by atoms with Crippen molar-refractivity contribution in [1.82, 2.24) is 4.90 Å². The first-order chi connectivity index (χ1) is 14.6. The number of hydrogen-bond acceptors (Lipinski definition) is 4. The second-order valence-electron chi connectivity index (χ2n) is 9.20. The summed E-state index contributed by atoms with van der Waals surface area (Å²) in [5.74, 6) is 0.205. The van der Waals surface area contributed by atoms with E-state index in [4.69, 9.17) is 4.74 Å². The van der Waals surface area contributed by atoms with Crippen LogP contribution in [-0.4, -0.2) is 56.1 Å². The number of carbonyl (C=O) groups excluding carboxylic acids is 2. The number of nitrogens with one attached hydrogen (secondary N) is 1. The first-order valence-electron chi connectivity index (χ1n) is 11.6. The SMILES string of the molecule is O=C(CC1(CC(=O)N2CCOCC2)CCCC1)Nc1ccc(N2CCCCC2)cc1. The van der Waals surface area contributed by atoms with Gasteiger partial charge in [-0.25, -0.2) is 0 Å². The Morgan fingerprint density at radius 2 is 1.53 bits per heavy atom. The molecule has 2 aliphatic heterocycles. The van der Waals surface area contributed by atoms with Gasteiger partial charge in [0.1, 0.15) is 0 Å². The molecule has 0 radical (unpaired) electrons. The lowest BCUT2D eigenvalue weighted by Crippen LogP contribution is -2.43. The van der Waals surface area contributed by atoms with Crippen LogP contribution < -0.4 is 10.2 Å². The van der Waals surface area contributed by atoms with Crippen LogP contribution in [0.4, 0.5) is 11.4 Å². The highest BCUT2D eigenvalue weighted by atomic mass is 16.5. The van der Waals surface area contributed by atoms with E-state index in [2.05, 4.69) is 22.3 Å². The number of nitrogens with zero attached hydrogens (tertiary/aromatic N) is 2. The Kier molecular flexibility index (Phi) is 6.93. The summed E-state index contributed by atoms with van der Waals surface area (Å²) in [7, 11) is 0. The van der Waals surface area contributed by atoms with E-state index >= 15 is 0 Å². The smallest absolute Gasteiger partial charge is 0.224 e. The number of amides is 2. The molecule has 1 aromatic rings. The van der Waals surface area contributed by atoms with E-state index in [9.17, 15) is 9.59 Å². The van der Waals surface area contributed by atoms with Gasteiger partial charge < -0.3 is 19.9 Å². The van der Waals surface area contributed by atoms with Gasteiger partial charge in [0.05, 0.1) is 13.2 Å². The summed E-state index contributed by atoms with van der Waals surface area (Å²) in [4.78, 5) is 30.0. The Morgan fingerprint density at radius 3 is 2.20 bits per heavy atom. The van der Waals surface area contributed by atoms with Gasteiger partial charge in [0.15, 0.2) is 0 Å². The fourth-order valence-electron chi connectivity index (χ4n) is 5.24. The third-order valence-electron chi connectivity index (χ3n) is 6.96. The van der Waals surface area contributed by atoms with Crippen LogP contribution in [0.25, 0.3) is 0 Å². The Bertz CT molecular complexity index is 716. The third-order valence-corrected chi connectivity index (χ3v) is 6.96. The van der Waals surface area contributed by atoms with Crippen molar-refractivity contribution in [2.24, 2.45) is 5.41 Å². The van der Waals surface area contributed by atoms with Crippen molar-refractivity contribution >= 4 is 23.2 Å². The molecule has 0 aromatic heterocycles. The van der Waals surface area contributed by atoms with Crippen molar-refractivity contribution < 1.29 is 14.3 Å². The van der Waals surface area contributed by atoms with Crippen LogP contribution in [-0.2, 0) is 14.3 Å². The summed E-state index contributed by atoms with van der Waals surface area (Å²) >= 11 is 0. The largest absolute Gasteiger partial charge is 0.378 e. The van der Waals surface area contributed by atoms with E-state index in [-0.39, 0.29) is 17.2 Å². The summed E-state index contributed by atoms with van der Waals surface area (Å²) in [6.07, 6.45) is 8.87. The summed E-state index contributed by atoms with van der Waals surface area (Å²) < 4.78 is 5.36. The minimum Gasteiger partial charge on any atom is -0.378 e. The normalized spacial score (nSPS) is 21.5. The van der Waals surface area contributed by atoms with E-state index in [1.807, 2.05) is 17.0 Å². The highest BCUT2D eigenvalue weighted by Gasteiger charge is 2.39. The molecular weight excluding hydrogens is 378 g/mol. The van der Waals surface area contributed by atoms with Gasteiger partial charge in [-0.2, -0.15) is 0 Å². The molecule has 0 bridgehead atoms. The van der Waals surface area contributed by atoms with Gasteiger partial charge in [0.25, 0.3) is 0 Å². The van der Waals surface area contributed by atoms with Crippen LogP contribution in [0.3, 0.4) is 0 Å². The Labute approximate surface area is 179 Å².